The highest BCUT2D eigenvalue weighted by Crippen LogP contribution is 2.23. The second-order valence-corrected chi connectivity index (χ2v) is 3.97. The Kier molecular flexibility index (Phi) is 4.30. The lowest BCUT2D eigenvalue weighted by Crippen LogP contribution is -2.25. The second-order valence-electron chi connectivity index (χ2n) is 3.05. The molecule has 6 heteroatoms. The van der Waals surface area contributed by atoms with Crippen LogP contribution in [0.1, 0.15) is 18.9 Å². The minimum absolute atomic E-state index is 0.107. The van der Waals surface area contributed by atoms with Crippen LogP contribution in [0.3, 0.4) is 0 Å². The number of amides is 2. The normalized spacial score (nSPS) is 11.2. The number of benzene rings is 1. The lowest BCUT2D eigenvalue weighted by atomic mass is 10.1. The Morgan fingerprint density at radius 2 is 2.31 bits per heavy atom. The molecule has 1 aromatic carbocycles. The highest BCUT2D eigenvalue weighted by molar-refractivity contribution is 9.10. The summed E-state index contributed by atoms with van der Waals surface area (Å²) in [6, 6.07) is 4.25. The number of nitrogens with one attached hydrogen (secondary N) is 1. The van der Waals surface area contributed by atoms with Gasteiger partial charge in [0.25, 0.3) is 0 Å². The quantitative estimate of drug-likeness (QED) is 0.585. The van der Waals surface area contributed by atoms with Crippen molar-refractivity contribution in [3.8, 4) is 5.75 Å². The molecule has 0 spiro atoms. The van der Waals surface area contributed by atoms with E-state index in [9.17, 15) is 9.90 Å². The molecular weight excluding hydrogens is 274 g/mol. The monoisotopic (exact) mass is 285 g/mol. The molecule has 0 saturated carbocycles. The highest BCUT2D eigenvalue weighted by atomic mass is 79.9. The van der Waals surface area contributed by atoms with Crippen LogP contribution >= 0.6 is 15.9 Å². The van der Waals surface area contributed by atoms with Crippen LogP contribution in [0.5, 0.6) is 5.75 Å². The molecule has 1 aromatic rings. The first-order chi connectivity index (χ1) is 7.54. The zero-order chi connectivity index (χ0) is 12.1. The van der Waals surface area contributed by atoms with Crippen molar-refractivity contribution in [2.24, 2.45) is 10.8 Å². The molecule has 0 aromatic heterocycles. The zero-order valence-corrected chi connectivity index (χ0v) is 10.3. The summed E-state index contributed by atoms with van der Waals surface area (Å²) >= 11 is 3.30. The molecule has 0 radical (unpaired) electrons. The van der Waals surface area contributed by atoms with Gasteiger partial charge < -0.3 is 10.8 Å². The van der Waals surface area contributed by atoms with Crippen molar-refractivity contribution >= 4 is 27.7 Å². The predicted octanol–water partition coefficient (Wildman–Crippen LogP) is 1.94. The molecule has 0 fully saturated rings. The van der Waals surface area contributed by atoms with Gasteiger partial charge in [-0.05, 0) is 24.6 Å². The topological polar surface area (TPSA) is 87.7 Å². The van der Waals surface area contributed by atoms with Gasteiger partial charge in [-0.3, -0.25) is 0 Å². The Hall–Kier alpha value is -1.56. The van der Waals surface area contributed by atoms with Crippen LogP contribution in [0.15, 0.2) is 27.8 Å². The molecule has 0 heterocycles. The maximum absolute atomic E-state index is 10.5. The van der Waals surface area contributed by atoms with E-state index in [0.717, 1.165) is 4.47 Å². The van der Waals surface area contributed by atoms with Gasteiger partial charge in [0, 0.05) is 10.0 Å². The van der Waals surface area contributed by atoms with Crippen LogP contribution < -0.4 is 11.2 Å². The molecule has 16 heavy (non-hydrogen) atoms. The van der Waals surface area contributed by atoms with Crippen molar-refractivity contribution in [3.05, 3.63) is 28.2 Å². The van der Waals surface area contributed by atoms with Crippen LogP contribution in [0, 0.1) is 0 Å². The third-order valence-electron chi connectivity index (χ3n) is 1.91. The number of nitrogens with zero attached hydrogens (tertiary/aromatic N) is 1. The van der Waals surface area contributed by atoms with E-state index in [1.165, 1.54) is 0 Å². The molecule has 0 saturated heterocycles. The fourth-order valence-electron chi connectivity index (χ4n) is 1.19. The van der Waals surface area contributed by atoms with Crippen molar-refractivity contribution in [1.29, 1.82) is 0 Å². The van der Waals surface area contributed by atoms with Gasteiger partial charge in [0.15, 0.2) is 0 Å². The van der Waals surface area contributed by atoms with E-state index in [0.29, 0.717) is 17.7 Å². The molecule has 2 amide bonds. The first kappa shape index (κ1) is 12.5. The third kappa shape index (κ3) is 3.23. The van der Waals surface area contributed by atoms with Crippen LogP contribution in [0.25, 0.3) is 0 Å². The van der Waals surface area contributed by atoms with E-state index in [-0.39, 0.29) is 5.75 Å². The number of hydrogen-bond donors (Lipinski definition) is 3. The average molecular weight is 286 g/mol. The highest BCUT2D eigenvalue weighted by Gasteiger charge is 2.08. The number of carbonyl (C=O) groups excluding carboxylic acids is 1. The number of aromatic hydroxyl groups is 1. The first-order valence-electron chi connectivity index (χ1n) is 4.65. The zero-order valence-electron chi connectivity index (χ0n) is 8.70. The number of hydrogen-bond acceptors (Lipinski definition) is 3. The number of nitrogens with two attached hydrogens (primary N) is 1. The lowest BCUT2D eigenvalue weighted by Gasteiger charge is -2.07. The fraction of sp³-hybridized carbons (Fsp3) is 0.200. The van der Waals surface area contributed by atoms with Crippen molar-refractivity contribution < 1.29 is 9.90 Å². The van der Waals surface area contributed by atoms with E-state index in [1.54, 1.807) is 18.2 Å². The predicted molar refractivity (Wildman–Crippen MR) is 65.4 cm³/mol. The minimum Gasteiger partial charge on any atom is -0.507 e. The number of phenolic OH excluding ortho intramolecular Hbond substituents is 1. The Bertz CT molecular complexity index is 432. The molecule has 4 N–H and O–H groups in total. The first-order valence-corrected chi connectivity index (χ1v) is 5.44. The maximum atomic E-state index is 10.5. The van der Waals surface area contributed by atoms with Crippen molar-refractivity contribution in [2.75, 3.05) is 0 Å². The van der Waals surface area contributed by atoms with Gasteiger partial charge in [0.1, 0.15) is 5.75 Å². The van der Waals surface area contributed by atoms with E-state index in [4.69, 9.17) is 5.73 Å². The molecule has 0 unspecified atom stereocenters. The van der Waals surface area contributed by atoms with Crippen molar-refractivity contribution in [2.45, 2.75) is 13.3 Å². The number of hydrazone groups is 1. The van der Waals surface area contributed by atoms with Crippen LogP contribution in [-0.2, 0) is 0 Å². The molecule has 5 nitrogen and oxygen atoms in total. The second kappa shape index (κ2) is 5.50. The van der Waals surface area contributed by atoms with Gasteiger partial charge in [-0.2, -0.15) is 5.10 Å². The third-order valence-corrected chi connectivity index (χ3v) is 2.40. The van der Waals surface area contributed by atoms with Gasteiger partial charge >= 0.3 is 6.03 Å². The van der Waals surface area contributed by atoms with Gasteiger partial charge in [-0.15, -0.1) is 0 Å². The van der Waals surface area contributed by atoms with Gasteiger partial charge in [-0.1, -0.05) is 22.9 Å². The van der Waals surface area contributed by atoms with E-state index in [1.807, 2.05) is 6.92 Å². The Morgan fingerprint density at radius 3 is 2.88 bits per heavy atom. The molecule has 86 valence electrons. The summed E-state index contributed by atoms with van der Waals surface area (Å²) in [4.78, 5) is 10.5. The van der Waals surface area contributed by atoms with Crippen LogP contribution in [-0.4, -0.2) is 16.8 Å². The SMILES string of the molecule is CC/C(=N\NC(N)=O)c1cc(Br)ccc1O. The van der Waals surface area contributed by atoms with Crippen molar-refractivity contribution in [1.82, 2.24) is 5.43 Å². The number of halogens is 1. The molecule has 0 aliphatic heterocycles. The number of phenols is 1. The Morgan fingerprint density at radius 1 is 1.62 bits per heavy atom. The van der Waals surface area contributed by atoms with Crippen molar-refractivity contribution in [3.63, 3.8) is 0 Å². The summed E-state index contributed by atoms with van der Waals surface area (Å²) in [7, 11) is 0. The largest absolute Gasteiger partial charge is 0.507 e. The number of carbonyl (C=O) groups is 1. The maximum Gasteiger partial charge on any atom is 0.332 e. The molecule has 0 bridgehead atoms. The summed E-state index contributed by atoms with van der Waals surface area (Å²) in [5, 5.41) is 13.5. The Balaban J connectivity index is 3.07. The van der Waals surface area contributed by atoms with Gasteiger partial charge in [0.05, 0.1) is 5.71 Å². The number of rotatable bonds is 3. The lowest BCUT2D eigenvalue weighted by molar-refractivity contribution is 0.249. The van der Waals surface area contributed by atoms with Gasteiger partial charge in [-0.25, -0.2) is 10.2 Å². The van der Waals surface area contributed by atoms with E-state index < -0.39 is 6.03 Å². The van der Waals surface area contributed by atoms with Crippen LogP contribution in [0.2, 0.25) is 0 Å². The van der Waals surface area contributed by atoms with Gasteiger partial charge in [0.2, 0.25) is 0 Å². The summed E-state index contributed by atoms with van der Waals surface area (Å²) < 4.78 is 0.820. The number of primary amides is 1. The van der Waals surface area contributed by atoms with Crippen LogP contribution in [0.4, 0.5) is 4.79 Å². The molecular formula is C10H12BrN3O2. The summed E-state index contributed by atoms with van der Waals surface area (Å²) in [5.74, 6) is 0.107. The minimum atomic E-state index is -0.736. The van der Waals surface area contributed by atoms with E-state index in [2.05, 4.69) is 26.5 Å². The van der Waals surface area contributed by atoms with E-state index >= 15 is 0 Å². The standard InChI is InChI=1S/C10H12BrN3O2/c1-2-8(13-14-10(12)16)7-5-6(11)3-4-9(7)15/h3-5,15H,2H2,1H3,(H3,12,14,16)/b13-8+. The molecule has 0 aliphatic rings. The average Bonchev–Trinajstić information content (AvgIpc) is 2.23. The number of urea groups is 1. The molecule has 1 rings (SSSR count). The fourth-order valence-corrected chi connectivity index (χ4v) is 1.55. The summed E-state index contributed by atoms with van der Waals surface area (Å²) in [6.45, 7) is 1.86. The smallest absolute Gasteiger partial charge is 0.332 e. The Labute approximate surface area is 101 Å². The molecule has 0 atom stereocenters. The summed E-state index contributed by atoms with van der Waals surface area (Å²) in [5.41, 5.74) is 8.17. The summed E-state index contributed by atoms with van der Waals surface area (Å²) in [6.07, 6.45) is 0.560. The molecule has 0 aliphatic carbocycles.